The Morgan fingerprint density at radius 2 is 2.13 bits per heavy atom. The molecular formula is C20H17N6O3S2-. The van der Waals surface area contributed by atoms with E-state index in [4.69, 9.17) is 9.72 Å². The first kappa shape index (κ1) is 19.8. The van der Waals surface area contributed by atoms with Gasteiger partial charge < -0.3 is 23.6 Å². The van der Waals surface area contributed by atoms with E-state index < -0.39 is 11.3 Å². The Balaban J connectivity index is 1.57. The third-order valence-corrected chi connectivity index (χ3v) is 6.10. The molecule has 5 rings (SSSR count). The van der Waals surface area contributed by atoms with Crippen LogP contribution in [0.2, 0.25) is 0 Å². The highest BCUT2D eigenvalue weighted by Gasteiger charge is 2.16. The van der Waals surface area contributed by atoms with E-state index in [0.29, 0.717) is 30.2 Å². The van der Waals surface area contributed by atoms with Crippen LogP contribution in [-0.4, -0.2) is 47.0 Å². The van der Waals surface area contributed by atoms with Crippen molar-refractivity contribution in [3.63, 3.8) is 0 Å². The number of imidazole rings is 2. The highest BCUT2D eigenvalue weighted by atomic mass is 32.2. The van der Waals surface area contributed by atoms with E-state index in [9.17, 15) is 8.76 Å². The summed E-state index contributed by atoms with van der Waals surface area (Å²) in [4.78, 5) is 17.0. The van der Waals surface area contributed by atoms with Gasteiger partial charge in [0.2, 0.25) is 0 Å². The van der Waals surface area contributed by atoms with Gasteiger partial charge in [-0.15, -0.1) is 11.3 Å². The van der Waals surface area contributed by atoms with Crippen molar-refractivity contribution < 1.29 is 13.5 Å². The highest BCUT2D eigenvalue weighted by Crippen LogP contribution is 2.29. The van der Waals surface area contributed by atoms with Crippen LogP contribution < -0.4 is 4.72 Å². The fraction of sp³-hybridized carbons (Fsp3) is 0.150. The monoisotopic (exact) mass is 453 g/mol. The van der Waals surface area contributed by atoms with Crippen molar-refractivity contribution in [2.75, 3.05) is 18.4 Å². The first-order valence-electron chi connectivity index (χ1n) is 9.36. The molecule has 158 valence electrons. The minimum Gasteiger partial charge on any atom is -0.755 e. The molecule has 0 aliphatic rings. The molecule has 0 radical (unpaired) electrons. The Morgan fingerprint density at radius 3 is 2.97 bits per heavy atom. The van der Waals surface area contributed by atoms with Crippen LogP contribution in [0, 0.1) is 0 Å². The van der Waals surface area contributed by atoms with Crippen LogP contribution in [-0.2, 0) is 22.5 Å². The van der Waals surface area contributed by atoms with Crippen molar-refractivity contribution in [3.8, 4) is 22.9 Å². The lowest BCUT2D eigenvalue weighted by Crippen LogP contribution is -2.06. The van der Waals surface area contributed by atoms with E-state index >= 15 is 0 Å². The lowest BCUT2D eigenvalue weighted by atomic mass is 10.2. The molecule has 0 spiro atoms. The predicted molar refractivity (Wildman–Crippen MR) is 120 cm³/mol. The molecule has 0 fully saturated rings. The average Bonchev–Trinajstić information content (AvgIpc) is 3.48. The van der Waals surface area contributed by atoms with Gasteiger partial charge in [-0.1, -0.05) is 0 Å². The summed E-state index contributed by atoms with van der Waals surface area (Å²) >= 11 is -0.800. The van der Waals surface area contributed by atoms with Gasteiger partial charge in [-0.2, -0.15) is 0 Å². The molecule has 3 heterocycles. The van der Waals surface area contributed by atoms with Crippen LogP contribution in [0.4, 0.5) is 5.69 Å². The molecule has 1 unspecified atom stereocenters. The number of thiazole rings is 1. The van der Waals surface area contributed by atoms with Gasteiger partial charge in [-0.25, -0.2) is 15.0 Å². The molecule has 0 saturated heterocycles. The van der Waals surface area contributed by atoms with Gasteiger partial charge in [-0.3, -0.25) is 4.21 Å². The van der Waals surface area contributed by atoms with Gasteiger partial charge in [0.25, 0.3) is 0 Å². The zero-order valence-corrected chi connectivity index (χ0v) is 18.0. The quantitative estimate of drug-likeness (QED) is 0.364. The average molecular weight is 454 g/mol. The number of hydrogen-bond acceptors (Lipinski definition) is 7. The van der Waals surface area contributed by atoms with Crippen molar-refractivity contribution in [2.24, 2.45) is 0 Å². The Hall–Kier alpha value is -3.12. The number of nitrogens with zero attached hydrogens (tertiary/aromatic N) is 4. The van der Waals surface area contributed by atoms with Gasteiger partial charge in [0.05, 0.1) is 39.6 Å². The van der Waals surface area contributed by atoms with Crippen LogP contribution in [0.5, 0.6) is 0 Å². The fourth-order valence-electron chi connectivity index (χ4n) is 3.49. The second kappa shape index (κ2) is 8.19. The molecule has 11 heteroatoms. The number of aromatic nitrogens is 5. The maximum atomic E-state index is 11.0. The molecule has 9 nitrogen and oxygen atoms in total. The smallest absolute Gasteiger partial charge is 0.159 e. The van der Waals surface area contributed by atoms with Crippen molar-refractivity contribution in [2.45, 2.75) is 6.54 Å². The molecule has 1 atom stereocenters. The van der Waals surface area contributed by atoms with Crippen LogP contribution in [0.3, 0.4) is 0 Å². The Labute approximate surface area is 183 Å². The highest BCUT2D eigenvalue weighted by molar-refractivity contribution is 7.80. The van der Waals surface area contributed by atoms with E-state index in [2.05, 4.69) is 19.7 Å². The van der Waals surface area contributed by atoms with Crippen molar-refractivity contribution in [3.05, 3.63) is 48.1 Å². The summed E-state index contributed by atoms with van der Waals surface area (Å²) in [5.74, 6) is 1.42. The fourth-order valence-corrected chi connectivity index (χ4v) is 4.47. The second-order valence-electron chi connectivity index (χ2n) is 6.80. The summed E-state index contributed by atoms with van der Waals surface area (Å²) in [6, 6.07) is 11.3. The standard InChI is InChI=1S/C20H18N6O3S2/c1-29-7-6-26-17-4-3-13(25-31(27)28)9-14(17)24-20(26)16-10-21-19(23-16)12-2-5-18-15(8-12)22-11-30-18/h2-5,8-11,25H,6-7H2,1H3,(H,21,23)(H,27,28)/p-1. The molecule has 0 amide bonds. The number of anilines is 1. The molecule has 31 heavy (non-hydrogen) atoms. The molecule has 0 aliphatic carbocycles. The number of aromatic amines is 1. The number of hydrogen-bond donors (Lipinski definition) is 2. The van der Waals surface area contributed by atoms with E-state index in [0.717, 1.165) is 32.8 Å². The van der Waals surface area contributed by atoms with Crippen molar-refractivity contribution in [1.82, 2.24) is 24.5 Å². The minimum absolute atomic E-state index is 0.450. The normalized spacial score (nSPS) is 12.6. The number of rotatable bonds is 7. The maximum absolute atomic E-state index is 11.0. The van der Waals surface area contributed by atoms with Crippen molar-refractivity contribution >= 4 is 49.5 Å². The molecule has 2 aromatic carbocycles. The van der Waals surface area contributed by atoms with Crippen LogP contribution in [0.15, 0.2) is 48.1 Å². The number of nitrogens with one attached hydrogen (secondary N) is 2. The van der Waals surface area contributed by atoms with Gasteiger partial charge in [0.1, 0.15) is 11.5 Å². The topological polar surface area (TPSA) is 121 Å². The summed E-state index contributed by atoms with van der Waals surface area (Å²) in [7, 11) is 1.65. The second-order valence-corrected chi connectivity index (χ2v) is 8.36. The van der Waals surface area contributed by atoms with E-state index in [-0.39, 0.29) is 0 Å². The number of methoxy groups -OCH3 is 1. The molecule has 2 N–H and O–H groups in total. The Kier molecular flexibility index (Phi) is 5.24. The lowest BCUT2D eigenvalue weighted by molar-refractivity contribution is 0.188. The Morgan fingerprint density at radius 1 is 1.23 bits per heavy atom. The molecule has 0 bridgehead atoms. The molecular weight excluding hydrogens is 436 g/mol. The molecule has 0 saturated carbocycles. The van der Waals surface area contributed by atoms with Crippen LogP contribution in [0.25, 0.3) is 44.2 Å². The van der Waals surface area contributed by atoms with Gasteiger partial charge in [0, 0.05) is 36.2 Å². The zero-order valence-electron chi connectivity index (χ0n) is 16.4. The number of fused-ring (bicyclic) bond motifs is 2. The number of H-pyrrole nitrogens is 1. The first-order valence-corrected chi connectivity index (χ1v) is 11.3. The first-order chi connectivity index (χ1) is 15.1. The van der Waals surface area contributed by atoms with Gasteiger partial charge in [-0.05, 0) is 36.4 Å². The summed E-state index contributed by atoms with van der Waals surface area (Å²) < 4.78 is 32.7. The summed E-state index contributed by atoms with van der Waals surface area (Å²) in [5, 5.41) is 0. The SMILES string of the molecule is COCCn1c(-c2cnc(-c3ccc4scnc4c3)[nH]2)nc2cc(NS(=O)[O-])ccc21. The minimum atomic E-state index is -2.40. The maximum Gasteiger partial charge on any atom is 0.159 e. The molecule has 0 aliphatic heterocycles. The number of ether oxygens (including phenoxy) is 1. The van der Waals surface area contributed by atoms with Gasteiger partial charge in [0.15, 0.2) is 5.82 Å². The van der Waals surface area contributed by atoms with Crippen LogP contribution in [0.1, 0.15) is 0 Å². The van der Waals surface area contributed by atoms with E-state index in [1.165, 1.54) is 0 Å². The largest absolute Gasteiger partial charge is 0.755 e. The predicted octanol–water partition coefficient (Wildman–Crippen LogP) is 3.56. The number of benzene rings is 2. The van der Waals surface area contributed by atoms with E-state index in [1.807, 2.05) is 34.3 Å². The summed E-state index contributed by atoms with van der Waals surface area (Å²) in [6.07, 6.45) is 1.75. The van der Waals surface area contributed by atoms with Crippen LogP contribution >= 0.6 is 11.3 Å². The zero-order chi connectivity index (χ0) is 21.4. The molecule has 5 aromatic rings. The Bertz CT molecular complexity index is 1410. The lowest BCUT2D eigenvalue weighted by Gasteiger charge is -2.09. The third-order valence-electron chi connectivity index (χ3n) is 4.89. The summed E-state index contributed by atoms with van der Waals surface area (Å²) in [6.45, 7) is 1.09. The third kappa shape index (κ3) is 3.83. The molecule has 3 aromatic heterocycles. The van der Waals surface area contributed by atoms with E-state index in [1.54, 1.807) is 36.8 Å². The van der Waals surface area contributed by atoms with Gasteiger partial charge >= 0.3 is 0 Å². The summed E-state index contributed by atoms with van der Waals surface area (Å²) in [5.41, 5.74) is 6.44. The van der Waals surface area contributed by atoms with Crippen molar-refractivity contribution in [1.29, 1.82) is 0 Å².